The van der Waals surface area contributed by atoms with Crippen molar-refractivity contribution in [1.29, 1.82) is 0 Å². The quantitative estimate of drug-likeness (QED) is 0.736. The van der Waals surface area contributed by atoms with Gasteiger partial charge in [-0.3, -0.25) is 5.43 Å². The molecule has 15 heavy (non-hydrogen) atoms. The van der Waals surface area contributed by atoms with Crippen molar-refractivity contribution >= 4 is 0 Å². The van der Waals surface area contributed by atoms with Gasteiger partial charge in [-0.1, -0.05) is 0 Å². The average Bonchev–Trinajstić information content (AvgIpc) is 2.17. The van der Waals surface area contributed by atoms with Gasteiger partial charge in [-0.05, 0) is 26.7 Å². The zero-order chi connectivity index (χ0) is 10.7. The lowest BCUT2D eigenvalue weighted by Gasteiger charge is -2.37. The minimum atomic E-state index is 0.382. The number of ether oxygens (including phenoxy) is 2. The molecule has 1 N–H and O–H groups in total. The molecule has 0 amide bonds. The van der Waals surface area contributed by atoms with Crippen LogP contribution in [-0.4, -0.2) is 49.6 Å². The Morgan fingerprint density at radius 1 is 1.07 bits per heavy atom. The van der Waals surface area contributed by atoms with E-state index in [1.54, 1.807) is 0 Å². The topological polar surface area (TPSA) is 33.7 Å². The van der Waals surface area contributed by atoms with E-state index in [0.717, 1.165) is 39.1 Å². The van der Waals surface area contributed by atoms with E-state index < -0.39 is 0 Å². The van der Waals surface area contributed by atoms with Gasteiger partial charge < -0.3 is 9.47 Å². The van der Waals surface area contributed by atoms with E-state index in [2.05, 4.69) is 24.3 Å². The van der Waals surface area contributed by atoms with Crippen LogP contribution in [0.2, 0.25) is 0 Å². The second kappa shape index (κ2) is 5.25. The highest BCUT2D eigenvalue weighted by Gasteiger charge is 2.25. The molecule has 0 bridgehead atoms. The number of morpholine rings is 1. The van der Waals surface area contributed by atoms with Crippen LogP contribution in [-0.2, 0) is 9.47 Å². The van der Waals surface area contributed by atoms with E-state index in [1.807, 2.05) is 0 Å². The van der Waals surface area contributed by atoms with Gasteiger partial charge in [0, 0.05) is 19.1 Å². The molecule has 2 aliphatic rings. The Morgan fingerprint density at radius 2 is 1.67 bits per heavy atom. The molecule has 0 spiro atoms. The van der Waals surface area contributed by atoms with Crippen LogP contribution in [0.25, 0.3) is 0 Å². The number of hydrazine groups is 1. The average molecular weight is 214 g/mol. The summed E-state index contributed by atoms with van der Waals surface area (Å²) in [6.07, 6.45) is 2.99. The maximum absolute atomic E-state index is 5.72. The van der Waals surface area contributed by atoms with Crippen LogP contribution < -0.4 is 5.43 Å². The molecular weight excluding hydrogens is 192 g/mol. The summed E-state index contributed by atoms with van der Waals surface area (Å²) in [6.45, 7) is 8.01. The summed E-state index contributed by atoms with van der Waals surface area (Å²) in [5, 5.41) is 2.29. The zero-order valence-electron chi connectivity index (χ0n) is 9.74. The Labute approximate surface area is 91.9 Å². The Bertz CT molecular complexity index is 185. The van der Waals surface area contributed by atoms with Gasteiger partial charge >= 0.3 is 0 Å². The molecule has 88 valence electrons. The van der Waals surface area contributed by atoms with Gasteiger partial charge in [-0.25, -0.2) is 5.01 Å². The standard InChI is InChI=1S/C11H22N2O2/c1-9-7-11(8-10(2)15-9)12-13-3-5-14-6-4-13/h9-12H,3-8H2,1-2H3. The highest BCUT2D eigenvalue weighted by molar-refractivity contribution is 4.78. The van der Waals surface area contributed by atoms with Crippen LogP contribution in [0.1, 0.15) is 26.7 Å². The number of hydrogen-bond acceptors (Lipinski definition) is 4. The second-order valence-electron chi connectivity index (χ2n) is 4.65. The molecule has 0 aliphatic carbocycles. The Balaban J connectivity index is 1.77. The summed E-state index contributed by atoms with van der Waals surface area (Å²) in [4.78, 5) is 0. The van der Waals surface area contributed by atoms with E-state index in [0.29, 0.717) is 18.2 Å². The molecule has 0 aromatic heterocycles. The monoisotopic (exact) mass is 214 g/mol. The predicted molar refractivity (Wildman–Crippen MR) is 58.6 cm³/mol. The highest BCUT2D eigenvalue weighted by atomic mass is 16.5. The molecular formula is C11H22N2O2. The van der Waals surface area contributed by atoms with Crippen molar-refractivity contribution in [2.75, 3.05) is 26.3 Å². The predicted octanol–water partition coefficient (Wildman–Crippen LogP) is 0.779. The van der Waals surface area contributed by atoms with Crippen LogP contribution in [0, 0.1) is 0 Å². The van der Waals surface area contributed by atoms with Crippen molar-refractivity contribution < 1.29 is 9.47 Å². The Morgan fingerprint density at radius 3 is 2.27 bits per heavy atom. The van der Waals surface area contributed by atoms with Crippen molar-refractivity contribution in [3.8, 4) is 0 Å². The normalized spacial score (nSPS) is 39.2. The number of nitrogens with one attached hydrogen (secondary N) is 1. The van der Waals surface area contributed by atoms with Crippen LogP contribution in [0.15, 0.2) is 0 Å². The summed E-state index contributed by atoms with van der Waals surface area (Å²) in [7, 11) is 0. The fourth-order valence-electron chi connectivity index (χ4n) is 2.46. The van der Waals surface area contributed by atoms with E-state index >= 15 is 0 Å². The smallest absolute Gasteiger partial charge is 0.0608 e. The van der Waals surface area contributed by atoms with E-state index in [1.165, 1.54) is 0 Å². The van der Waals surface area contributed by atoms with E-state index in [4.69, 9.17) is 9.47 Å². The molecule has 0 radical (unpaired) electrons. The lowest BCUT2D eigenvalue weighted by molar-refractivity contribution is -0.0648. The minimum absolute atomic E-state index is 0.382. The van der Waals surface area contributed by atoms with Crippen LogP contribution in [0.3, 0.4) is 0 Å². The van der Waals surface area contributed by atoms with Crippen molar-refractivity contribution in [3.05, 3.63) is 0 Å². The van der Waals surface area contributed by atoms with Crippen molar-refractivity contribution in [3.63, 3.8) is 0 Å². The molecule has 0 saturated carbocycles. The minimum Gasteiger partial charge on any atom is -0.379 e. The molecule has 2 aliphatic heterocycles. The maximum atomic E-state index is 5.72. The summed E-state index contributed by atoms with van der Waals surface area (Å²) in [5.74, 6) is 0. The Hall–Kier alpha value is -0.160. The largest absolute Gasteiger partial charge is 0.379 e. The fraction of sp³-hybridized carbons (Fsp3) is 1.00. The van der Waals surface area contributed by atoms with Gasteiger partial charge in [-0.15, -0.1) is 0 Å². The molecule has 2 atom stereocenters. The van der Waals surface area contributed by atoms with Gasteiger partial charge in [0.25, 0.3) is 0 Å². The summed E-state index contributed by atoms with van der Waals surface area (Å²) in [5.41, 5.74) is 3.59. The van der Waals surface area contributed by atoms with Crippen LogP contribution in [0.4, 0.5) is 0 Å². The molecule has 0 aromatic carbocycles. The maximum Gasteiger partial charge on any atom is 0.0608 e. The highest BCUT2D eigenvalue weighted by Crippen LogP contribution is 2.19. The molecule has 2 heterocycles. The number of rotatable bonds is 2. The second-order valence-corrected chi connectivity index (χ2v) is 4.65. The summed E-state index contributed by atoms with van der Waals surface area (Å²) < 4.78 is 11.0. The van der Waals surface area contributed by atoms with Gasteiger partial charge in [0.15, 0.2) is 0 Å². The summed E-state index contributed by atoms with van der Waals surface area (Å²) in [6, 6.07) is 0.571. The van der Waals surface area contributed by atoms with E-state index in [-0.39, 0.29) is 0 Å². The van der Waals surface area contributed by atoms with Gasteiger partial charge in [-0.2, -0.15) is 0 Å². The lowest BCUT2D eigenvalue weighted by atomic mass is 10.0. The first-order valence-corrected chi connectivity index (χ1v) is 5.98. The molecule has 0 aromatic rings. The third-order valence-electron chi connectivity index (χ3n) is 3.07. The number of nitrogens with zero attached hydrogens (tertiary/aromatic N) is 1. The molecule has 4 nitrogen and oxygen atoms in total. The van der Waals surface area contributed by atoms with Gasteiger partial charge in [0.1, 0.15) is 0 Å². The fourth-order valence-corrected chi connectivity index (χ4v) is 2.46. The summed E-state index contributed by atoms with van der Waals surface area (Å²) >= 11 is 0. The molecule has 2 unspecified atom stereocenters. The van der Waals surface area contributed by atoms with Crippen LogP contribution >= 0.6 is 0 Å². The molecule has 2 saturated heterocycles. The Kier molecular flexibility index (Phi) is 3.97. The van der Waals surface area contributed by atoms with Crippen molar-refractivity contribution in [2.45, 2.75) is 44.9 Å². The van der Waals surface area contributed by atoms with Gasteiger partial charge in [0.2, 0.25) is 0 Å². The third kappa shape index (κ3) is 3.41. The van der Waals surface area contributed by atoms with Crippen LogP contribution in [0.5, 0.6) is 0 Å². The van der Waals surface area contributed by atoms with Crippen molar-refractivity contribution in [2.24, 2.45) is 0 Å². The lowest BCUT2D eigenvalue weighted by Crippen LogP contribution is -2.53. The molecule has 4 heteroatoms. The van der Waals surface area contributed by atoms with Crippen molar-refractivity contribution in [1.82, 2.24) is 10.4 Å². The molecule has 2 fully saturated rings. The zero-order valence-corrected chi connectivity index (χ0v) is 9.74. The number of hydrogen-bond donors (Lipinski definition) is 1. The third-order valence-corrected chi connectivity index (χ3v) is 3.07. The first-order valence-electron chi connectivity index (χ1n) is 5.98. The van der Waals surface area contributed by atoms with E-state index in [9.17, 15) is 0 Å². The first kappa shape index (κ1) is 11.3. The van der Waals surface area contributed by atoms with Gasteiger partial charge in [0.05, 0.1) is 25.4 Å². The first-order chi connectivity index (χ1) is 7.24. The molecule has 2 rings (SSSR count). The SMILES string of the molecule is CC1CC(NN2CCOCC2)CC(C)O1.